The van der Waals surface area contributed by atoms with Crippen molar-refractivity contribution in [2.75, 3.05) is 32.1 Å². The molecule has 1 saturated heterocycles. The number of ether oxygens (including phenoxy) is 1. The third-order valence-corrected chi connectivity index (χ3v) is 6.57. The third-order valence-electron chi connectivity index (χ3n) is 6.57. The summed E-state index contributed by atoms with van der Waals surface area (Å²) in [6.07, 6.45) is 2.64. The number of nitrogens with one attached hydrogen (secondary N) is 2. The molecule has 12 heteroatoms. The van der Waals surface area contributed by atoms with Crippen molar-refractivity contribution in [3.63, 3.8) is 0 Å². The number of hydroxylamine groups is 2. The topological polar surface area (TPSA) is 106 Å². The van der Waals surface area contributed by atoms with Crippen molar-refractivity contribution in [3.8, 4) is 16.9 Å². The molecule has 40 heavy (non-hydrogen) atoms. The fourth-order valence-corrected chi connectivity index (χ4v) is 4.53. The Morgan fingerprint density at radius 3 is 2.55 bits per heavy atom. The minimum Gasteiger partial charge on any atom is -0.383 e. The molecular weight excluding hydrogens is 520 g/mol. The van der Waals surface area contributed by atoms with Crippen LogP contribution in [0.3, 0.4) is 0 Å². The second-order valence-corrected chi connectivity index (χ2v) is 9.37. The van der Waals surface area contributed by atoms with Gasteiger partial charge in [-0.3, -0.25) is 10.2 Å². The van der Waals surface area contributed by atoms with Crippen molar-refractivity contribution in [1.29, 1.82) is 0 Å². The van der Waals surface area contributed by atoms with Crippen LogP contribution in [-0.2, 0) is 9.57 Å². The molecule has 0 unspecified atom stereocenters. The number of nitrogens with zero attached hydrogens (tertiary/aromatic N) is 5. The van der Waals surface area contributed by atoms with Crippen LogP contribution < -0.4 is 10.6 Å². The van der Waals surface area contributed by atoms with Gasteiger partial charge in [0.1, 0.15) is 23.4 Å². The zero-order chi connectivity index (χ0) is 28.2. The monoisotopic (exact) mass is 549 g/mol. The lowest BCUT2D eigenvalue weighted by Gasteiger charge is -2.20. The number of halogens is 2. The summed E-state index contributed by atoms with van der Waals surface area (Å²) < 4.78 is 34.4. The number of anilines is 1. The van der Waals surface area contributed by atoms with Crippen LogP contribution in [0.25, 0.3) is 16.9 Å². The smallest absolute Gasteiger partial charge is 0.320 e. The second kappa shape index (κ2) is 11.9. The number of aromatic nitrogens is 4. The molecule has 0 aliphatic carbocycles. The van der Waals surface area contributed by atoms with E-state index in [1.165, 1.54) is 6.07 Å². The number of aryl methyl sites for hydroxylation is 1. The van der Waals surface area contributed by atoms with Crippen LogP contribution in [0.2, 0.25) is 0 Å². The summed E-state index contributed by atoms with van der Waals surface area (Å²) in [4.78, 5) is 27.9. The SMILES string of the molecule is COCCN1C[C@@H](NC(=O)Nc2c(C)c(-c3cnc(C)nc3)nn2-c2ccccc2)[C@H](c2ccc(F)c(F)c2)O1. The molecule has 2 aromatic carbocycles. The van der Waals surface area contributed by atoms with E-state index in [4.69, 9.17) is 14.7 Å². The molecule has 1 fully saturated rings. The molecule has 0 radical (unpaired) electrons. The van der Waals surface area contributed by atoms with Crippen molar-refractivity contribution < 1.29 is 23.1 Å². The van der Waals surface area contributed by atoms with Crippen molar-refractivity contribution in [2.24, 2.45) is 0 Å². The molecule has 0 saturated carbocycles. The summed E-state index contributed by atoms with van der Waals surface area (Å²) in [7, 11) is 1.57. The maximum absolute atomic E-state index is 14.0. The van der Waals surface area contributed by atoms with Crippen LogP contribution >= 0.6 is 0 Å². The zero-order valence-electron chi connectivity index (χ0n) is 22.3. The second-order valence-electron chi connectivity index (χ2n) is 9.37. The molecule has 2 aromatic heterocycles. The van der Waals surface area contributed by atoms with Crippen molar-refractivity contribution >= 4 is 11.8 Å². The van der Waals surface area contributed by atoms with Crippen LogP contribution in [0, 0.1) is 25.5 Å². The van der Waals surface area contributed by atoms with Crippen molar-refractivity contribution in [2.45, 2.75) is 26.0 Å². The van der Waals surface area contributed by atoms with Crippen LogP contribution in [0.5, 0.6) is 0 Å². The summed E-state index contributed by atoms with van der Waals surface area (Å²) in [6.45, 7) is 4.78. The van der Waals surface area contributed by atoms with E-state index in [2.05, 4.69) is 20.6 Å². The molecule has 208 valence electrons. The Morgan fingerprint density at radius 1 is 1.10 bits per heavy atom. The summed E-state index contributed by atoms with van der Waals surface area (Å²) in [5.41, 5.74) is 3.19. The highest BCUT2D eigenvalue weighted by Crippen LogP contribution is 2.32. The van der Waals surface area contributed by atoms with E-state index in [-0.39, 0.29) is 0 Å². The van der Waals surface area contributed by atoms with Gasteiger partial charge in [0.2, 0.25) is 0 Å². The first-order valence-electron chi connectivity index (χ1n) is 12.7. The highest BCUT2D eigenvalue weighted by atomic mass is 19.2. The van der Waals surface area contributed by atoms with Gasteiger partial charge in [0.15, 0.2) is 11.6 Å². The van der Waals surface area contributed by atoms with Gasteiger partial charge in [-0.25, -0.2) is 28.2 Å². The van der Waals surface area contributed by atoms with Crippen LogP contribution in [0.4, 0.5) is 19.4 Å². The number of urea groups is 1. The van der Waals surface area contributed by atoms with Gasteiger partial charge in [-0.2, -0.15) is 10.2 Å². The van der Waals surface area contributed by atoms with Gasteiger partial charge in [0, 0.05) is 43.7 Å². The number of hydrogen-bond donors (Lipinski definition) is 2. The number of amides is 2. The number of methoxy groups -OCH3 is 1. The first-order chi connectivity index (χ1) is 19.3. The summed E-state index contributed by atoms with van der Waals surface area (Å²) in [6, 6.07) is 11.9. The van der Waals surface area contributed by atoms with Crippen LogP contribution in [0.15, 0.2) is 60.9 Å². The van der Waals surface area contributed by atoms with E-state index in [9.17, 15) is 13.6 Å². The lowest BCUT2D eigenvalue weighted by Crippen LogP contribution is -2.42. The highest BCUT2D eigenvalue weighted by molar-refractivity contribution is 5.91. The molecule has 1 aliphatic heterocycles. The maximum Gasteiger partial charge on any atom is 0.320 e. The first kappa shape index (κ1) is 27.3. The van der Waals surface area contributed by atoms with Crippen LogP contribution in [0.1, 0.15) is 23.1 Å². The van der Waals surface area contributed by atoms with E-state index < -0.39 is 29.8 Å². The van der Waals surface area contributed by atoms with Gasteiger partial charge in [0.25, 0.3) is 0 Å². The Balaban J connectivity index is 1.42. The Morgan fingerprint density at radius 2 is 1.85 bits per heavy atom. The quantitative estimate of drug-likeness (QED) is 0.337. The normalized spacial score (nSPS) is 17.2. The zero-order valence-corrected chi connectivity index (χ0v) is 22.3. The molecule has 2 amide bonds. The summed E-state index contributed by atoms with van der Waals surface area (Å²) >= 11 is 0. The fourth-order valence-electron chi connectivity index (χ4n) is 4.53. The first-order valence-corrected chi connectivity index (χ1v) is 12.7. The van der Waals surface area contributed by atoms with Gasteiger partial charge < -0.3 is 10.1 Å². The standard InChI is InChI=1S/C28H29F2N7O3/c1-17-25(20-14-31-18(2)32-15-20)35-37(21-7-5-4-6-8-21)27(17)34-28(38)33-24-16-36(11-12-39-3)40-26(24)19-9-10-22(29)23(30)13-19/h4-10,13-15,24,26H,11-12,16H2,1-3H3,(H2,33,34,38)/t24-,26+/m1/s1. The fraction of sp³-hybridized carbons (Fsp3) is 0.286. The number of carbonyl (C=O) groups excluding carboxylic acids is 1. The Hall–Kier alpha value is -4.26. The molecule has 10 nitrogen and oxygen atoms in total. The van der Waals surface area contributed by atoms with Gasteiger partial charge >= 0.3 is 6.03 Å². The van der Waals surface area contributed by atoms with Gasteiger partial charge in [-0.05, 0) is 43.7 Å². The molecule has 2 N–H and O–H groups in total. The summed E-state index contributed by atoms with van der Waals surface area (Å²) in [5.74, 6) is -0.858. The number of rotatable bonds is 8. The van der Waals surface area contributed by atoms with Crippen molar-refractivity contribution in [1.82, 2.24) is 30.1 Å². The molecule has 0 bridgehead atoms. The average molecular weight is 550 g/mol. The molecule has 5 rings (SSSR count). The van der Waals surface area contributed by atoms with E-state index in [0.29, 0.717) is 53.7 Å². The number of benzene rings is 2. The van der Waals surface area contributed by atoms with E-state index in [1.54, 1.807) is 36.2 Å². The van der Waals surface area contributed by atoms with Crippen molar-refractivity contribution in [3.05, 3.63) is 89.5 Å². The molecule has 3 heterocycles. The molecule has 4 aromatic rings. The lowest BCUT2D eigenvalue weighted by molar-refractivity contribution is -0.154. The van der Waals surface area contributed by atoms with E-state index in [1.807, 2.05) is 37.3 Å². The lowest BCUT2D eigenvalue weighted by atomic mass is 10.0. The molecular formula is C28H29F2N7O3. The predicted octanol–water partition coefficient (Wildman–Crippen LogP) is 4.35. The van der Waals surface area contributed by atoms with Gasteiger partial charge in [-0.15, -0.1) is 0 Å². The maximum atomic E-state index is 14.0. The molecule has 2 atom stereocenters. The molecule has 1 aliphatic rings. The number of carbonyl (C=O) groups is 1. The number of hydrogen-bond acceptors (Lipinski definition) is 7. The van der Waals surface area contributed by atoms with E-state index >= 15 is 0 Å². The van der Waals surface area contributed by atoms with Crippen LogP contribution in [-0.4, -0.2) is 63.7 Å². The van der Waals surface area contributed by atoms with Gasteiger partial charge in [0.05, 0.1) is 18.3 Å². The minimum absolute atomic E-state index is 0.309. The number of para-hydroxylation sites is 1. The minimum atomic E-state index is -0.991. The Kier molecular flexibility index (Phi) is 8.10. The van der Waals surface area contributed by atoms with Gasteiger partial charge in [-0.1, -0.05) is 24.3 Å². The molecule has 0 spiro atoms. The average Bonchev–Trinajstić information content (AvgIpc) is 3.50. The predicted molar refractivity (Wildman–Crippen MR) is 144 cm³/mol. The largest absolute Gasteiger partial charge is 0.383 e. The highest BCUT2D eigenvalue weighted by Gasteiger charge is 2.37. The third kappa shape index (κ3) is 5.83. The Bertz CT molecular complexity index is 1480. The summed E-state index contributed by atoms with van der Waals surface area (Å²) in [5, 5.41) is 12.3. The van der Waals surface area contributed by atoms with E-state index in [0.717, 1.165) is 17.8 Å². The Labute approximate surface area is 229 Å².